The molecule has 0 aliphatic carbocycles. The molecule has 0 spiro atoms. The summed E-state index contributed by atoms with van der Waals surface area (Å²) >= 11 is 0. The zero-order chi connectivity index (χ0) is 14.8. The van der Waals surface area contributed by atoms with Gasteiger partial charge in [-0.15, -0.1) is 0 Å². The molecule has 0 aliphatic rings. The summed E-state index contributed by atoms with van der Waals surface area (Å²) in [5, 5.41) is 2.42. The van der Waals surface area contributed by atoms with Gasteiger partial charge in [0.2, 0.25) is 0 Å². The molecule has 1 aromatic heterocycles. The summed E-state index contributed by atoms with van der Waals surface area (Å²) in [6, 6.07) is 17.2. The molecule has 0 amide bonds. The third kappa shape index (κ3) is 2.75. The van der Waals surface area contributed by atoms with E-state index in [1.54, 1.807) is 0 Å². The van der Waals surface area contributed by atoms with Crippen molar-refractivity contribution < 1.29 is 0 Å². The first-order valence-electron chi connectivity index (χ1n) is 7.35. The Balaban J connectivity index is 1.96. The van der Waals surface area contributed by atoms with Gasteiger partial charge >= 0.3 is 0 Å². The van der Waals surface area contributed by atoms with Crippen LogP contribution in [0.5, 0.6) is 0 Å². The fourth-order valence-electron chi connectivity index (χ4n) is 2.71. The lowest BCUT2D eigenvalue weighted by atomic mass is 10.1. The SMILES string of the molecule is Cc1cc(C=Nc2cccc3ccccc23)cn1C(C)C. The van der Waals surface area contributed by atoms with Gasteiger partial charge in [0.05, 0.1) is 5.69 Å². The van der Waals surface area contributed by atoms with E-state index in [1.807, 2.05) is 6.21 Å². The molecule has 106 valence electrons. The third-order valence-electron chi connectivity index (χ3n) is 3.75. The van der Waals surface area contributed by atoms with Gasteiger partial charge < -0.3 is 4.57 Å². The van der Waals surface area contributed by atoms with Crippen LogP contribution in [0.15, 0.2) is 59.7 Å². The summed E-state index contributed by atoms with van der Waals surface area (Å²) in [4.78, 5) is 4.68. The zero-order valence-electron chi connectivity index (χ0n) is 12.7. The number of aromatic nitrogens is 1. The van der Waals surface area contributed by atoms with Crippen LogP contribution in [-0.2, 0) is 0 Å². The topological polar surface area (TPSA) is 17.3 Å². The maximum atomic E-state index is 4.68. The molecule has 2 nitrogen and oxygen atoms in total. The molecule has 3 aromatic rings. The molecule has 0 radical (unpaired) electrons. The molecule has 0 fully saturated rings. The van der Waals surface area contributed by atoms with Crippen LogP contribution in [0.3, 0.4) is 0 Å². The molecule has 21 heavy (non-hydrogen) atoms. The van der Waals surface area contributed by atoms with E-state index < -0.39 is 0 Å². The second kappa shape index (κ2) is 5.57. The van der Waals surface area contributed by atoms with E-state index in [2.05, 4.69) is 85.1 Å². The molecule has 0 atom stereocenters. The fraction of sp³-hybridized carbons (Fsp3) is 0.211. The van der Waals surface area contributed by atoms with Gasteiger partial charge in [-0.25, -0.2) is 0 Å². The number of hydrogen-bond donors (Lipinski definition) is 0. The lowest BCUT2D eigenvalue weighted by Gasteiger charge is -2.08. The highest BCUT2D eigenvalue weighted by molar-refractivity contribution is 5.95. The number of aliphatic imine (C=N–C) groups is 1. The smallest absolute Gasteiger partial charge is 0.0708 e. The van der Waals surface area contributed by atoms with Gasteiger partial charge in [-0.3, -0.25) is 4.99 Å². The zero-order valence-corrected chi connectivity index (χ0v) is 12.7. The van der Waals surface area contributed by atoms with Crippen molar-refractivity contribution in [3.05, 3.63) is 66.0 Å². The highest BCUT2D eigenvalue weighted by Gasteiger charge is 2.03. The van der Waals surface area contributed by atoms with E-state index in [9.17, 15) is 0 Å². The summed E-state index contributed by atoms with van der Waals surface area (Å²) in [5.74, 6) is 0. The molecular weight excluding hydrogens is 256 g/mol. The number of benzene rings is 2. The number of hydrogen-bond acceptors (Lipinski definition) is 1. The quantitative estimate of drug-likeness (QED) is 0.579. The predicted molar refractivity (Wildman–Crippen MR) is 90.8 cm³/mol. The first-order valence-corrected chi connectivity index (χ1v) is 7.35. The van der Waals surface area contributed by atoms with Crippen molar-refractivity contribution in [1.82, 2.24) is 4.57 Å². The summed E-state index contributed by atoms with van der Waals surface area (Å²) in [6.07, 6.45) is 4.11. The second-order valence-electron chi connectivity index (χ2n) is 5.67. The van der Waals surface area contributed by atoms with Crippen molar-refractivity contribution in [2.75, 3.05) is 0 Å². The summed E-state index contributed by atoms with van der Waals surface area (Å²) < 4.78 is 2.27. The standard InChI is InChI=1S/C19H20N2/c1-14(2)21-13-16(11-15(21)3)12-20-19-10-6-8-17-7-4-5-9-18(17)19/h4-14H,1-3H3. The Morgan fingerprint density at radius 3 is 2.57 bits per heavy atom. The molecule has 2 heteroatoms. The maximum absolute atomic E-state index is 4.68. The Morgan fingerprint density at radius 1 is 1.05 bits per heavy atom. The van der Waals surface area contributed by atoms with Gasteiger partial charge in [0.25, 0.3) is 0 Å². The van der Waals surface area contributed by atoms with Crippen molar-refractivity contribution in [3.8, 4) is 0 Å². The van der Waals surface area contributed by atoms with Gasteiger partial charge in [-0.1, -0.05) is 36.4 Å². The molecule has 1 heterocycles. The van der Waals surface area contributed by atoms with Gasteiger partial charge in [0.15, 0.2) is 0 Å². The first-order chi connectivity index (χ1) is 10.1. The molecule has 0 bridgehead atoms. The Labute approximate surface area is 125 Å². The van der Waals surface area contributed by atoms with Gasteiger partial charge in [0.1, 0.15) is 0 Å². The summed E-state index contributed by atoms with van der Waals surface area (Å²) in [6.45, 7) is 6.52. The van der Waals surface area contributed by atoms with E-state index in [1.165, 1.54) is 16.5 Å². The van der Waals surface area contributed by atoms with Crippen molar-refractivity contribution in [2.24, 2.45) is 4.99 Å². The Bertz CT molecular complexity index is 789. The maximum Gasteiger partial charge on any atom is 0.0708 e. The number of rotatable bonds is 3. The highest BCUT2D eigenvalue weighted by atomic mass is 15.0. The molecule has 0 unspecified atom stereocenters. The molecule has 0 saturated heterocycles. The normalized spacial score (nSPS) is 11.8. The molecular formula is C19H20N2. The van der Waals surface area contributed by atoms with Crippen LogP contribution < -0.4 is 0 Å². The van der Waals surface area contributed by atoms with Gasteiger partial charge in [-0.2, -0.15) is 0 Å². The van der Waals surface area contributed by atoms with Crippen LogP contribution in [0.25, 0.3) is 10.8 Å². The van der Waals surface area contributed by atoms with E-state index in [0.717, 1.165) is 11.3 Å². The highest BCUT2D eigenvalue weighted by Crippen LogP contribution is 2.25. The van der Waals surface area contributed by atoms with Crippen molar-refractivity contribution in [1.29, 1.82) is 0 Å². The van der Waals surface area contributed by atoms with Crippen LogP contribution in [0.2, 0.25) is 0 Å². The van der Waals surface area contributed by atoms with Crippen LogP contribution in [0.1, 0.15) is 31.1 Å². The average molecular weight is 276 g/mol. The Hall–Kier alpha value is -2.35. The Morgan fingerprint density at radius 2 is 1.81 bits per heavy atom. The van der Waals surface area contributed by atoms with Gasteiger partial charge in [0, 0.05) is 35.1 Å². The van der Waals surface area contributed by atoms with Crippen LogP contribution in [-0.4, -0.2) is 10.8 Å². The third-order valence-corrected chi connectivity index (χ3v) is 3.75. The lowest BCUT2D eigenvalue weighted by Crippen LogP contribution is -2.00. The van der Waals surface area contributed by atoms with Gasteiger partial charge in [-0.05, 0) is 38.3 Å². The number of aryl methyl sites for hydroxylation is 1. The molecule has 0 aliphatic heterocycles. The van der Waals surface area contributed by atoms with Crippen molar-refractivity contribution in [2.45, 2.75) is 26.8 Å². The predicted octanol–water partition coefficient (Wildman–Crippen LogP) is 5.28. The second-order valence-corrected chi connectivity index (χ2v) is 5.67. The van der Waals surface area contributed by atoms with Crippen LogP contribution >= 0.6 is 0 Å². The van der Waals surface area contributed by atoms with Crippen LogP contribution in [0, 0.1) is 6.92 Å². The minimum Gasteiger partial charge on any atom is -0.349 e. The monoisotopic (exact) mass is 276 g/mol. The minimum absolute atomic E-state index is 0.477. The minimum atomic E-state index is 0.477. The summed E-state index contributed by atoms with van der Waals surface area (Å²) in [7, 11) is 0. The fourth-order valence-corrected chi connectivity index (χ4v) is 2.71. The van der Waals surface area contributed by atoms with E-state index in [4.69, 9.17) is 0 Å². The van der Waals surface area contributed by atoms with Crippen molar-refractivity contribution in [3.63, 3.8) is 0 Å². The molecule has 3 rings (SSSR count). The molecule has 2 aromatic carbocycles. The molecule has 0 saturated carbocycles. The summed E-state index contributed by atoms with van der Waals surface area (Å²) in [5.41, 5.74) is 3.43. The van der Waals surface area contributed by atoms with E-state index >= 15 is 0 Å². The first kappa shape index (κ1) is 13.6. The van der Waals surface area contributed by atoms with Crippen LogP contribution in [0.4, 0.5) is 5.69 Å². The Kier molecular flexibility index (Phi) is 3.61. The number of nitrogens with zero attached hydrogens (tertiary/aromatic N) is 2. The largest absolute Gasteiger partial charge is 0.349 e. The lowest BCUT2D eigenvalue weighted by molar-refractivity contribution is 0.589. The van der Waals surface area contributed by atoms with E-state index in [0.29, 0.717) is 6.04 Å². The van der Waals surface area contributed by atoms with Crippen molar-refractivity contribution >= 4 is 22.7 Å². The molecule has 0 N–H and O–H groups in total. The number of fused-ring (bicyclic) bond motifs is 1. The average Bonchev–Trinajstić information content (AvgIpc) is 2.86. The van der Waals surface area contributed by atoms with E-state index in [-0.39, 0.29) is 0 Å².